The number of nitrogens with one attached hydrogen (secondary N) is 3. The van der Waals surface area contributed by atoms with Gasteiger partial charge in [-0.15, -0.1) is 0 Å². The van der Waals surface area contributed by atoms with Crippen molar-refractivity contribution in [3.05, 3.63) is 47.4 Å². The molecule has 7 nitrogen and oxygen atoms in total. The van der Waals surface area contributed by atoms with E-state index >= 15 is 0 Å². The first-order valence-electron chi connectivity index (χ1n) is 11.6. The van der Waals surface area contributed by atoms with Crippen LogP contribution >= 0.6 is 0 Å². The zero-order chi connectivity index (χ0) is 22.7. The maximum absolute atomic E-state index is 12.9. The van der Waals surface area contributed by atoms with Gasteiger partial charge in [0.2, 0.25) is 0 Å². The summed E-state index contributed by atoms with van der Waals surface area (Å²) in [5.74, 6) is 1.73. The zero-order valence-corrected chi connectivity index (χ0v) is 19.5. The average Bonchev–Trinajstić information content (AvgIpc) is 3.12. The van der Waals surface area contributed by atoms with Crippen molar-refractivity contribution in [1.29, 1.82) is 0 Å². The fraction of sp³-hybridized carbons (Fsp3) is 0.480. The standard InChI is InChI=1S/C25H34N6O/c1-16(2)11-19-12-17(3)5-6-20(19)30-24-23-21(28-15-29-24)13-22(31(23)4)25(32)27-14-18-7-9-26-10-8-18/h5-6,12-13,15-16,18,26H,7-11,14H2,1-4H3,(H,27,32)(H,28,29,30). The van der Waals surface area contributed by atoms with Crippen LogP contribution in [-0.4, -0.2) is 40.1 Å². The molecule has 7 heteroatoms. The van der Waals surface area contributed by atoms with E-state index in [-0.39, 0.29) is 5.91 Å². The maximum Gasteiger partial charge on any atom is 0.268 e. The lowest BCUT2D eigenvalue weighted by atomic mass is 9.98. The molecule has 0 bridgehead atoms. The van der Waals surface area contributed by atoms with Crippen LogP contribution in [0.4, 0.5) is 11.5 Å². The van der Waals surface area contributed by atoms with Crippen molar-refractivity contribution >= 4 is 28.4 Å². The minimum absolute atomic E-state index is 0.0641. The number of carbonyl (C=O) groups is 1. The molecule has 0 unspecified atom stereocenters. The van der Waals surface area contributed by atoms with Gasteiger partial charge in [-0.3, -0.25) is 4.79 Å². The topological polar surface area (TPSA) is 83.9 Å². The first-order chi connectivity index (χ1) is 15.4. The lowest BCUT2D eigenvalue weighted by Gasteiger charge is -2.22. The molecule has 32 heavy (non-hydrogen) atoms. The number of aryl methyl sites for hydroxylation is 2. The molecule has 0 radical (unpaired) electrons. The summed E-state index contributed by atoms with van der Waals surface area (Å²) < 4.78 is 1.89. The Bertz CT molecular complexity index is 1100. The molecule has 0 spiro atoms. The van der Waals surface area contributed by atoms with E-state index in [9.17, 15) is 4.79 Å². The molecular weight excluding hydrogens is 400 g/mol. The molecule has 1 aromatic carbocycles. The first-order valence-corrected chi connectivity index (χ1v) is 11.6. The molecule has 170 valence electrons. The third-order valence-corrected chi connectivity index (χ3v) is 6.21. The third-order valence-electron chi connectivity index (χ3n) is 6.21. The Morgan fingerprint density at radius 1 is 1.22 bits per heavy atom. The molecule has 3 N–H and O–H groups in total. The van der Waals surface area contributed by atoms with Crippen LogP contribution in [-0.2, 0) is 13.5 Å². The largest absolute Gasteiger partial charge is 0.350 e. The van der Waals surface area contributed by atoms with Crippen molar-refractivity contribution in [2.75, 3.05) is 25.0 Å². The second kappa shape index (κ2) is 9.69. The van der Waals surface area contributed by atoms with Gasteiger partial charge in [0.1, 0.15) is 17.5 Å². The summed E-state index contributed by atoms with van der Waals surface area (Å²) in [5.41, 5.74) is 5.74. The smallest absolute Gasteiger partial charge is 0.268 e. The number of carbonyl (C=O) groups excluding carboxylic acids is 1. The van der Waals surface area contributed by atoms with Crippen molar-refractivity contribution in [3.8, 4) is 0 Å². The molecule has 0 aliphatic carbocycles. The average molecular weight is 435 g/mol. The number of piperidine rings is 1. The van der Waals surface area contributed by atoms with Crippen LogP contribution in [0.15, 0.2) is 30.6 Å². The number of amides is 1. The van der Waals surface area contributed by atoms with Crippen molar-refractivity contribution in [1.82, 2.24) is 25.2 Å². The number of hydrogen-bond acceptors (Lipinski definition) is 5. The van der Waals surface area contributed by atoms with Crippen molar-refractivity contribution < 1.29 is 4.79 Å². The number of benzene rings is 1. The van der Waals surface area contributed by atoms with Crippen molar-refractivity contribution in [2.24, 2.45) is 18.9 Å². The minimum atomic E-state index is -0.0641. The highest BCUT2D eigenvalue weighted by Crippen LogP contribution is 2.29. The lowest BCUT2D eigenvalue weighted by molar-refractivity contribution is 0.0936. The third kappa shape index (κ3) is 4.93. The molecule has 4 rings (SSSR count). The van der Waals surface area contributed by atoms with E-state index < -0.39 is 0 Å². The molecule has 0 atom stereocenters. The first kappa shape index (κ1) is 22.3. The number of rotatable bonds is 7. The van der Waals surface area contributed by atoms with Crippen LogP contribution < -0.4 is 16.0 Å². The Hall–Kier alpha value is -2.93. The monoisotopic (exact) mass is 434 g/mol. The summed E-state index contributed by atoms with van der Waals surface area (Å²) in [5, 5.41) is 10.00. The molecule has 2 aromatic heterocycles. The predicted molar refractivity (Wildman–Crippen MR) is 129 cm³/mol. The predicted octanol–water partition coefficient (Wildman–Crippen LogP) is 3.95. The normalized spacial score (nSPS) is 14.8. The fourth-order valence-corrected chi connectivity index (χ4v) is 4.48. The molecule has 1 fully saturated rings. The Morgan fingerprint density at radius 3 is 2.75 bits per heavy atom. The highest BCUT2D eigenvalue weighted by molar-refractivity contribution is 6.00. The zero-order valence-electron chi connectivity index (χ0n) is 19.5. The van der Waals surface area contributed by atoms with E-state index in [1.807, 2.05) is 17.7 Å². The summed E-state index contributed by atoms with van der Waals surface area (Å²) in [4.78, 5) is 21.9. The Morgan fingerprint density at radius 2 is 2.00 bits per heavy atom. The van der Waals surface area contributed by atoms with Crippen LogP contribution in [0.2, 0.25) is 0 Å². The minimum Gasteiger partial charge on any atom is -0.350 e. The van der Waals surface area contributed by atoms with E-state index in [1.165, 1.54) is 11.1 Å². The van der Waals surface area contributed by atoms with Crippen LogP contribution in [0, 0.1) is 18.8 Å². The van der Waals surface area contributed by atoms with Crippen LogP contribution in [0.25, 0.3) is 11.0 Å². The van der Waals surface area contributed by atoms with E-state index in [4.69, 9.17) is 0 Å². The molecule has 1 aliphatic rings. The summed E-state index contributed by atoms with van der Waals surface area (Å²) in [7, 11) is 1.90. The highest BCUT2D eigenvalue weighted by Gasteiger charge is 2.20. The van der Waals surface area contributed by atoms with Gasteiger partial charge in [-0.25, -0.2) is 9.97 Å². The van der Waals surface area contributed by atoms with Gasteiger partial charge in [0, 0.05) is 19.3 Å². The van der Waals surface area contributed by atoms with Crippen molar-refractivity contribution in [3.63, 3.8) is 0 Å². The summed E-state index contributed by atoms with van der Waals surface area (Å²) in [6.07, 6.45) is 4.74. The molecule has 1 saturated heterocycles. The number of hydrogen-bond donors (Lipinski definition) is 3. The van der Waals surface area contributed by atoms with Gasteiger partial charge in [0.25, 0.3) is 5.91 Å². The van der Waals surface area contributed by atoms with Gasteiger partial charge in [0.15, 0.2) is 5.82 Å². The second-order valence-corrected chi connectivity index (χ2v) is 9.33. The van der Waals surface area contributed by atoms with Crippen LogP contribution in [0.5, 0.6) is 0 Å². The fourth-order valence-electron chi connectivity index (χ4n) is 4.48. The Labute approximate surface area is 190 Å². The Kier molecular flexibility index (Phi) is 6.74. The quantitative estimate of drug-likeness (QED) is 0.524. The highest BCUT2D eigenvalue weighted by atomic mass is 16.1. The van der Waals surface area contributed by atoms with Gasteiger partial charge in [-0.1, -0.05) is 31.5 Å². The van der Waals surface area contributed by atoms with Gasteiger partial charge < -0.3 is 20.5 Å². The SMILES string of the molecule is Cc1ccc(Nc2ncnc3cc(C(=O)NCC4CCNCC4)n(C)c23)c(CC(C)C)c1. The molecule has 3 aromatic rings. The van der Waals surface area contributed by atoms with Gasteiger partial charge >= 0.3 is 0 Å². The maximum atomic E-state index is 12.9. The number of aromatic nitrogens is 3. The number of fused-ring (bicyclic) bond motifs is 1. The molecular formula is C25H34N6O. The van der Waals surface area contributed by atoms with Gasteiger partial charge in [-0.05, 0) is 68.8 Å². The molecule has 3 heterocycles. The van der Waals surface area contributed by atoms with E-state index in [0.29, 0.717) is 29.9 Å². The van der Waals surface area contributed by atoms with Gasteiger partial charge in [0.05, 0.1) is 5.52 Å². The van der Waals surface area contributed by atoms with Gasteiger partial charge in [-0.2, -0.15) is 0 Å². The summed E-state index contributed by atoms with van der Waals surface area (Å²) in [6.45, 7) is 9.32. The molecule has 0 saturated carbocycles. The van der Waals surface area contributed by atoms with E-state index in [1.54, 1.807) is 6.33 Å². The van der Waals surface area contributed by atoms with E-state index in [2.05, 4.69) is 64.9 Å². The summed E-state index contributed by atoms with van der Waals surface area (Å²) >= 11 is 0. The van der Waals surface area contributed by atoms with Crippen molar-refractivity contribution in [2.45, 2.75) is 40.0 Å². The Balaban J connectivity index is 1.59. The van der Waals surface area contributed by atoms with Crippen LogP contribution in [0.3, 0.4) is 0 Å². The molecule has 1 amide bonds. The second-order valence-electron chi connectivity index (χ2n) is 9.33. The van der Waals surface area contributed by atoms with Crippen LogP contribution in [0.1, 0.15) is 48.3 Å². The number of nitrogens with zero attached hydrogens (tertiary/aromatic N) is 3. The number of anilines is 2. The molecule has 1 aliphatic heterocycles. The van der Waals surface area contributed by atoms with E-state index in [0.717, 1.165) is 49.1 Å². The lowest BCUT2D eigenvalue weighted by Crippen LogP contribution is -2.36. The summed E-state index contributed by atoms with van der Waals surface area (Å²) in [6, 6.07) is 8.29.